The van der Waals surface area contributed by atoms with E-state index in [2.05, 4.69) is 15.0 Å². The summed E-state index contributed by atoms with van der Waals surface area (Å²) in [6, 6.07) is 0.159. The van der Waals surface area contributed by atoms with Crippen LogP contribution in [0.15, 0.2) is 17.5 Å². The van der Waals surface area contributed by atoms with E-state index in [1.165, 1.54) is 12.5 Å². The molecule has 4 rings (SSSR count). The van der Waals surface area contributed by atoms with E-state index in [1.807, 2.05) is 23.3 Å². The third kappa shape index (κ3) is 2.47. The predicted octanol–water partition coefficient (Wildman–Crippen LogP) is 2.45. The number of rotatable bonds is 2. The van der Waals surface area contributed by atoms with E-state index in [0.29, 0.717) is 28.5 Å². The van der Waals surface area contributed by atoms with Crippen LogP contribution in [0.25, 0.3) is 11.0 Å². The molecule has 0 bridgehead atoms. The molecular formula is C17H21FN6O. The molecule has 4 heterocycles. The second-order valence-electron chi connectivity index (χ2n) is 6.98. The first-order chi connectivity index (χ1) is 12.0. The zero-order valence-electron chi connectivity index (χ0n) is 14.6. The molecule has 2 aliphatic heterocycles. The molecule has 0 saturated carbocycles. The smallest absolute Gasteiger partial charge is 0.351 e. The van der Waals surface area contributed by atoms with Crippen molar-refractivity contribution in [3.63, 3.8) is 0 Å². The molecule has 0 aromatic carbocycles. The van der Waals surface area contributed by atoms with Crippen molar-refractivity contribution >= 4 is 22.8 Å². The van der Waals surface area contributed by atoms with E-state index in [0.717, 1.165) is 30.7 Å². The van der Waals surface area contributed by atoms with Gasteiger partial charge in [0, 0.05) is 18.2 Å². The number of halogens is 1. The number of aryl methyl sites for hydroxylation is 1. The Hall–Kier alpha value is -2.51. The van der Waals surface area contributed by atoms with Crippen LogP contribution in [0, 0.1) is 23.9 Å². The molecule has 0 aliphatic carbocycles. The lowest BCUT2D eigenvalue weighted by atomic mass is 10.0. The van der Waals surface area contributed by atoms with Crippen LogP contribution in [-0.2, 0) is 0 Å². The van der Waals surface area contributed by atoms with Gasteiger partial charge in [-0.05, 0) is 19.8 Å². The fourth-order valence-electron chi connectivity index (χ4n) is 3.62. The molecule has 2 aromatic heterocycles. The Kier molecular flexibility index (Phi) is 3.70. The lowest BCUT2D eigenvalue weighted by Crippen LogP contribution is -2.49. The van der Waals surface area contributed by atoms with Crippen LogP contribution in [0.4, 0.5) is 4.39 Å². The summed E-state index contributed by atoms with van der Waals surface area (Å²) in [6.07, 6.45) is 4.63. The van der Waals surface area contributed by atoms with Crippen LogP contribution in [0.2, 0.25) is 0 Å². The van der Waals surface area contributed by atoms with Gasteiger partial charge in [-0.3, -0.25) is 4.90 Å². The second-order valence-corrected chi connectivity index (χ2v) is 6.98. The molecule has 7 nitrogen and oxygen atoms in total. The SMILES string of the molecule is Cc1ncnc2c1c(F)cn2C1CCN(C2=[N+]([O-])C(C(C)C)=N2)CC1. The Balaban J connectivity index is 1.51. The van der Waals surface area contributed by atoms with Gasteiger partial charge in [0.2, 0.25) is 5.84 Å². The monoisotopic (exact) mass is 344 g/mol. The van der Waals surface area contributed by atoms with E-state index >= 15 is 0 Å². The fourth-order valence-corrected chi connectivity index (χ4v) is 3.62. The van der Waals surface area contributed by atoms with Gasteiger partial charge in [0.1, 0.15) is 12.0 Å². The highest BCUT2D eigenvalue weighted by Gasteiger charge is 2.34. The number of hydroxylamine groups is 1. The summed E-state index contributed by atoms with van der Waals surface area (Å²) in [6.45, 7) is 7.16. The molecule has 1 saturated heterocycles. The highest BCUT2D eigenvalue weighted by Crippen LogP contribution is 2.30. The van der Waals surface area contributed by atoms with Crippen LogP contribution in [-0.4, -0.2) is 49.1 Å². The summed E-state index contributed by atoms with van der Waals surface area (Å²) in [7, 11) is 0. The van der Waals surface area contributed by atoms with Gasteiger partial charge in [-0.2, -0.15) is 0 Å². The molecule has 2 aliphatic rings. The first-order valence-electron chi connectivity index (χ1n) is 8.62. The van der Waals surface area contributed by atoms with Gasteiger partial charge in [-0.1, -0.05) is 18.8 Å². The molecule has 0 N–H and O–H groups in total. The molecule has 132 valence electrons. The van der Waals surface area contributed by atoms with Gasteiger partial charge in [0.15, 0.2) is 5.82 Å². The lowest BCUT2D eigenvalue weighted by molar-refractivity contribution is -0.355. The van der Waals surface area contributed by atoms with E-state index in [1.54, 1.807) is 6.92 Å². The molecule has 0 radical (unpaired) electrons. The zero-order valence-corrected chi connectivity index (χ0v) is 14.6. The standard InChI is InChI=1S/C17H21FN6O/c1-10(2)15-21-17(24(15)25)22-6-4-12(5-7-22)23-8-13(18)14-11(3)19-9-20-16(14)23/h8-10,12H,4-7H2,1-3H3. The van der Waals surface area contributed by atoms with Crippen LogP contribution in [0.1, 0.15) is 38.4 Å². The second kappa shape index (κ2) is 5.79. The number of piperidine rings is 1. The van der Waals surface area contributed by atoms with Crippen LogP contribution in [0.5, 0.6) is 0 Å². The van der Waals surface area contributed by atoms with Crippen molar-refractivity contribution in [2.45, 2.75) is 39.7 Å². The summed E-state index contributed by atoms with van der Waals surface area (Å²) in [5.74, 6) is 0.948. The first-order valence-corrected chi connectivity index (χ1v) is 8.62. The topological polar surface area (TPSA) is 72.4 Å². The van der Waals surface area contributed by atoms with Crippen molar-refractivity contribution in [2.75, 3.05) is 13.1 Å². The van der Waals surface area contributed by atoms with Crippen molar-refractivity contribution in [2.24, 2.45) is 10.9 Å². The maximum atomic E-state index is 14.3. The quantitative estimate of drug-likeness (QED) is 0.620. The molecule has 8 heteroatoms. The number of fused-ring (bicyclic) bond motifs is 1. The molecule has 0 unspecified atom stereocenters. The molecule has 0 atom stereocenters. The number of hydrogen-bond donors (Lipinski definition) is 0. The maximum Gasteiger partial charge on any atom is 0.351 e. The summed E-state index contributed by atoms with van der Waals surface area (Å²) >= 11 is 0. The van der Waals surface area contributed by atoms with Gasteiger partial charge >= 0.3 is 5.96 Å². The Labute approximate surface area is 145 Å². The van der Waals surface area contributed by atoms with Gasteiger partial charge in [0.25, 0.3) is 0 Å². The molecule has 2 aromatic rings. The van der Waals surface area contributed by atoms with Crippen molar-refractivity contribution < 1.29 is 9.13 Å². The Morgan fingerprint density at radius 2 is 2.00 bits per heavy atom. The summed E-state index contributed by atoms with van der Waals surface area (Å²) < 4.78 is 17.1. The molecule has 0 spiro atoms. The van der Waals surface area contributed by atoms with Gasteiger partial charge < -0.3 is 9.77 Å². The molecular weight excluding hydrogens is 323 g/mol. The molecule has 25 heavy (non-hydrogen) atoms. The van der Waals surface area contributed by atoms with E-state index in [9.17, 15) is 9.60 Å². The number of nitrogens with zero attached hydrogens (tertiary/aromatic N) is 6. The van der Waals surface area contributed by atoms with E-state index < -0.39 is 0 Å². The summed E-state index contributed by atoms with van der Waals surface area (Å²) in [5, 5.41) is 12.6. The Bertz CT molecular complexity index is 892. The Morgan fingerprint density at radius 1 is 1.28 bits per heavy atom. The number of likely N-dealkylation sites (tertiary alicyclic amines) is 1. The van der Waals surface area contributed by atoms with Crippen LogP contribution >= 0.6 is 0 Å². The minimum atomic E-state index is -0.277. The minimum absolute atomic E-state index is 0.135. The average Bonchev–Trinajstić information content (AvgIpc) is 2.92. The maximum absolute atomic E-state index is 14.3. The molecule has 1 fully saturated rings. The number of guanidine groups is 1. The number of hydrogen-bond acceptors (Lipinski definition) is 5. The normalized spacial score (nSPS) is 18.9. The average molecular weight is 344 g/mol. The van der Waals surface area contributed by atoms with Gasteiger partial charge in [-0.25, -0.2) is 19.1 Å². The first kappa shape index (κ1) is 16.0. The Morgan fingerprint density at radius 3 is 2.64 bits per heavy atom. The third-order valence-electron chi connectivity index (χ3n) is 5.01. The van der Waals surface area contributed by atoms with E-state index in [4.69, 9.17) is 0 Å². The number of amidine groups is 1. The summed E-state index contributed by atoms with van der Waals surface area (Å²) in [4.78, 5) is 14.7. The van der Waals surface area contributed by atoms with Crippen molar-refractivity contribution in [1.82, 2.24) is 19.4 Å². The highest BCUT2D eigenvalue weighted by molar-refractivity contribution is 6.00. The van der Waals surface area contributed by atoms with Gasteiger partial charge in [-0.15, -0.1) is 0 Å². The van der Waals surface area contributed by atoms with Crippen molar-refractivity contribution in [1.29, 1.82) is 0 Å². The van der Waals surface area contributed by atoms with Crippen LogP contribution < -0.4 is 0 Å². The molecule has 0 amide bonds. The zero-order chi connectivity index (χ0) is 17.7. The van der Waals surface area contributed by atoms with Crippen molar-refractivity contribution in [3.05, 3.63) is 29.2 Å². The largest absolute Gasteiger partial charge is 0.754 e. The van der Waals surface area contributed by atoms with Gasteiger partial charge in [0.05, 0.1) is 24.2 Å². The van der Waals surface area contributed by atoms with Crippen molar-refractivity contribution in [3.8, 4) is 0 Å². The minimum Gasteiger partial charge on any atom is -0.754 e. The predicted molar refractivity (Wildman–Crippen MR) is 93.0 cm³/mol. The highest BCUT2D eigenvalue weighted by atomic mass is 19.1. The number of aliphatic imine (C=N–C) groups is 1. The lowest BCUT2D eigenvalue weighted by Gasteiger charge is -2.35. The summed E-state index contributed by atoms with van der Waals surface area (Å²) in [5.41, 5.74) is 1.30. The third-order valence-corrected chi connectivity index (χ3v) is 5.01. The fraction of sp³-hybridized carbons (Fsp3) is 0.529. The van der Waals surface area contributed by atoms with E-state index in [-0.39, 0.29) is 17.8 Å². The number of aromatic nitrogens is 3. The van der Waals surface area contributed by atoms with Crippen LogP contribution in [0.3, 0.4) is 0 Å².